The third-order valence-corrected chi connectivity index (χ3v) is 8.04. The number of alkyl halides is 6. The van der Waals surface area contributed by atoms with Crippen LogP contribution in [-0.4, -0.2) is 34.5 Å². The molecule has 2 aromatic carbocycles. The van der Waals surface area contributed by atoms with Gasteiger partial charge in [-0.3, -0.25) is 9.78 Å². The van der Waals surface area contributed by atoms with E-state index < -0.39 is 59.4 Å². The number of nitrogens with zero attached hydrogens (tertiary/aromatic N) is 2. The quantitative estimate of drug-likeness (QED) is 0.274. The topological polar surface area (TPSA) is 42.4 Å². The lowest BCUT2D eigenvalue weighted by atomic mass is 9.85. The Morgan fingerprint density at radius 2 is 1.71 bits per heavy atom. The first kappa shape index (κ1) is 29.3. The van der Waals surface area contributed by atoms with Crippen molar-refractivity contribution >= 4 is 17.5 Å². The summed E-state index contributed by atoms with van der Waals surface area (Å²) in [7, 11) is 0. The van der Waals surface area contributed by atoms with Crippen molar-refractivity contribution < 1.29 is 40.3 Å². The lowest BCUT2D eigenvalue weighted by molar-refractivity contribution is -0.143. The molecule has 1 amide bonds. The van der Waals surface area contributed by atoms with Crippen molar-refractivity contribution in [3.63, 3.8) is 0 Å². The van der Waals surface area contributed by atoms with Gasteiger partial charge in [0, 0.05) is 47.8 Å². The molecule has 0 aliphatic carbocycles. The Morgan fingerprint density at radius 3 is 2.29 bits per heavy atom. The number of pyridine rings is 1. The van der Waals surface area contributed by atoms with Crippen LogP contribution in [0.1, 0.15) is 53.3 Å². The van der Waals surface area contributed by atoms with Crippen LogP contribution in [-0.2, 0) is 28.3 Å². The van der Waals surface area contributed by atoms with Crippen molar-refractivity contribution in [2.45, 2.75) is 56.3 Å². The summed E-state index contributed by atoms with van der Waals surface area (Å²) in [5, 5.41) is 0.0807. The summed E-state index contributed by atoms with van der Waals surface area (Å²) in [6.45, 7) is 1.39. The molecule has 3 heterocycles. The molecular weight excluding hydrogens is 577 g/mol. The van der Waals surface area contributed by atoms with Crippen molar-refractivity contribution in [1.82, 2.24) is 9.88 Å². The first-order valence-corrected chi connectivity index (χ1v) is 13.2. The predicted octanol–water partition coefficient (Wildman–Crippen LogP) is 7.62. The SMILES string of the molecule is C[C@@H](O[C@H]1CN2C(=O)C(Cc3ccccn3)C[C@H]2[C@@H]1c1ccc(F)cc1Cl)c1cc(C(F)(F)F)cc(C(F)(F)F)c1. The fourth-order valence-electron chi connectivity index (χ4n) is 5.84. The number of halogens is 8. The molecule has 2 aliphatic heterocycles. The number of hydrogen-bond acceptors (Lipinski definition) is 3. The number of fused-ring (bicyclic) bond motifs is 1. The van der Waals surface area contributed by atoms with Crippen LogP contribution in [0.25, 0.3) is 0 Å². The van der Waals surface area contributed by atoms with Gasteiger partial charge in [-0.05, 0) is 66.9 Å². The number of hydrogen-bond donors (Lipinski definition) is 0. The third kappa shape index (κ3) is 6.06. The van der Waals surface area contributed by atoms with Crippen molar-refractivity contribution in [2.24, 2.45) is 5.92 Å². The van der Waals surface area contributed by atoms with Gasteiger partial charge in [0.05, 0.1) is 23.3 Å². The van der Waals surface area contributed by atoms with E-state index in [1.165, 1.54) is 19.1 Å². The van der Waals surface area contributed by atoms with Crippen molar-refractivity contribution in [3.8, 4) is 0 Å². The Balaban J connectivity index is 1.46. The van der Waals surface area contributed by atoms with Crippen LogP contribution in [0.5, 0.6) is 0 Å². The Bertz CT molecular complexity index is 1400. The summed E-state index contributed by atoms with van der Waals surface area (Å²) >= 11 is 6.40. The second kappa shape index (κ2) is 10.9. The average Bonchev–Trinajstić information content (AvgIpc) is 3.38. The highest BCUT2D eigenvalue weighted by molar-refractivity contribution is 6.31. The zero-order valence-electron chi connectivity index (χ0n) is 21.5. The molecule has 0 N–H and O–H groups in total. The number of amides is 1. The average molecular weight is 601 g/mol. The molecule has 1 aromatic heterocycles. The minimum absolute atomic E-state index is 0.0377. The molecule has 218 valence electrons. The molecule has 0 saturated carbocycles. The monoisotopic (exact) mass is 600 g/mol. The van der Waals surface area contributed by atoms with Gasteiger partial charge in [0.2, 0.25) is 5.91 Å². The zero-order valence-corrected chi connectivity index (χ0v) is 22.3. The number of carbonyl (C=O) groups excluding carboxylic acids is 1. The van der Waals surface area contributed by atoms with Crippen LogP contribution >= 0.6 is 11.6 Å². The van der Waals surface area contributed by atoms with E-state index in [9.17, 15) is 35.5 Å². The second-order valence-electron chi connectivity index (χ2n) is 10.4. The first-order valence-electron chi connectivity index (χ1n) is 12.8. The van der Waals surface area contributed by atoms with Gasteiger partial charge in [-0.2, -0.15) is 26.3 Å². The Labute approximate surface area is 236 Å². The summed E-state index contributed by atoms with van der Waals surface area (Å²) in [5.74, 6) is -1.75. The minimum atomic E-state index is -5.01. The molecule has 1 unspecified atom stereocenters. The number of benzene rings is 2. The van der Waals surface area contributed by atoms with Crippen molar-refractivity contribution in [3.05, 3.63) is 99.6 Å². The minimum Gasteiger partial charge on any atom is -0.368 e. The van der Waals surface area contributed by atoms with Gasteiger partial charge in [0.15, 0.2) is 0 Å². The number of carbonyl (C=O) groups is 1. The Hall–Kier alpha value is -3.18. The molecule has 0 radical (unpaired) electrons. The van der Waals surface area contributed by atoms with E-state index in [2.05, 4.69) is 4.98 Å². The molecule has 0 bridgehead atoms. The summed E-state index contributed by atoms with van der Waals surface area (Å²) in [6.07, 6.45) is -9.64. The van der Waals surface area contributed by atoms with Gasteiger partial charge in [0.1, 0.15) is 5.82 Å². The van der Waals surface area contributed by atoms with E-state index in [1.54, 1.807) is 17.2 Å². The summed E-state index contributed by atoms with van der Waals surface area (Å²) in [6, 6.07) is 10.1. The van der Waals surface area contributed by atoms with Crippen LogP contribution in [0, 0.1) is 11.7 Å². The highest BCUT2D eigenvalue weighted by Gasteiger charge is 2.53. The molecule has 2 aliphatic rings. The predicted molar refractivity (Wildman–Crippen MR) is 135 cm³/mol. The van der Waals surface area contributed by atoms with E-state index in [1.807, 2.05) is 12.1 Å². The van der Waals surface area contributed by atoms with Gasteiger partial charge >= 0.3 is 12.4 Å². The van der Waals surface area contributed by atoms with Gasteiger partial charge in [-0.15, -0.1) is 0 Å². The molecule has 41 heavy (non-hydrogen) atoms. The molecule has 5 atom stereocenters. The molecule has 2 saturated heterocycles. The van der Waals surface area contributed by atoms with Crippen molar-refractivity contribution in [2.75, 3.05) is 6.54 Å². The lowest BCUT2D eigenvalue weighted by Crippen LogP contribution is -2.31. The summed E-state index contributed by atoms with van der Waals surface area (Å²) in [5.41, 5.74) is -2.01. The van der Waals surface area contributed by atoms with E-state index in [0.717, 1.165) is 11.8 Å². The summed E-state index contributed by atoms with van der Waals surface area (Å²) in [4.78, 5) is 19.3. The van der Waals surface area contributed by atoms with Crippen LogP contribution in [0.4, 0.5) is 30.7 Å². The fourth-order valence-corrected chi connectivity index (χ4v) is 6.14. The third-order valence-electron chi connectivity index (χ3n) is 7.71. The van der Waals surface area contributed by atoms with Gasteiger partial charge in [-0.25, -0.2) is 4.39 Å². The molecule has 4 nitrogen and oxygen atoms in total. The standard InChI is InChI=1S/C29H24ClF7N2O2/c1-15(16-8-18(28(32,33)34)12-19(9-16)29(35,36)37)41-25-14-39-24(26(25)22-6-5-20(31)13-23(22)30)11-17(27(39)40)10-21-4-2-3-7-38-21/h2-9,12-13,15,17,24-26H,10-11,14H2,1H3/t15-,17?,24+,25+,26+/m1/s1. The largest absolute Gasteiger partial charge is 0.416 e. The Kier molecular flexibility index (Phi) is 7.80. The van der Waals surface area contributed by atoms with Crippen LogP contribution < -0.4 is 0 Å². The van der Waals surface area contributed by atoms with E-state index >= 15 is 0 Å². The van der Waals surface area contributed by atoms with E-state index in [0.29, 0.717) is 30.5 Å². The smallest absolute Gasteiger partial charge is 0.368 e. The zero-order chi connectivity index (χ0) is 29.7. The molecule has 3 aromatic rings. The molecule has 12 heteroatoms. The number of ether oxygens (including phenoxy) is 1. The van der Waals surface area contributed by atoms with Gasteiger partial charge in [-0.1, -0.05) is 23.7 Å². The van der Waals surface area contributed by atoms with E-state index in [-0.39, 0.29) is 29.1 Å². The molecule has 0 spiro atoms. The first-order chi connectivity index (χ1) is 19.2. The summed E-state index contributed by atoms with van der Waals surface area (Å²) < 4.78 is 101. The molecular formula is C29H24ClF7N2O2. The highest BCUT2D eigenvalue weighted by Crippen LogP contribution is 2.47. The maximum Gasteiger partial charge on any atom is 0.416 e. The Morgan fingerprint density at radius 1 is 1.02 bits per heavy atom. The van der Waals surface area contributed by atoms with Crippen LogP contribution in [0.2, 0.25) is 5.02 Å². The highest BCUT2D eigenvalue weighted by atomic mass is 35.5. The molecule has 2 fully saturated rings. The number of aromatic nitrogens is 1. The van der Waals surface area contributed by atoms with Crippen LogP contribution in [0.3, 0.4) is 0 Å². The molecule has 5 rings (SSSR count). The normalized spacial score (nSPS) is 23.6. The lowest BCUT2D eigenvalue weighted by Gasteiger charge is -2.28. The van der Waals surface area contributed by atoms with Crippen LogP contribution in [0.15, 0.2) is 60.8 Å². The maximum atomic E-state index is 13.9. The maximum absolute atomic E-state index is 13.9. The van der Waals surface area contributed by atoms with E-state index in [4.69, 9.17) is 16.3 Å². The van der Waals surface area contributed by atoms with Gasteiger partial charge < -0.3 is 9.64 Å². The van der Waals surface area contributed by atoms with Gasteiger partial charge in [0.25, 0.3) is 0 Å². The fraction of sp³-hybridized carbons (Fsp3) is 0.379. The van der Waals surface area contributed by atoms with Crippen molar-refractivity contribution in [1.29, 1.82) is 0 Å². The number of rotatable bonds is 6. The second-order valence-corrected chi connectivity index (χ2v) is 10.8.